The van der Waals surface area contributed by atoms with Gasteiger partial charge in [-0.15, -0.1) is 10.2 Å². The number of hydrogen-bond acceptors (Lipinski definition) is 6. The molecule has 4 rings (SSSR count). The highest BCUT2D eigenvalue weighted by Gasteiger charge is 2.24. The first-order chi connectivity index (χ1) is 14.6. The number of carbonyl (C=O) groups is 1. The molecule has 0 saturated heterocycles. The summed E-state index contributed by atoms with van der Waals surface area (Å²) in [6.45, 7) is 1.69. The molecule has 152 valence electrons. The summed E-state index contributed by atoms with van der Waals surface area (Å²) in [7, 11) is 0. The highest BCUT2D eigenvalue weighted by atomic mass is 35.5. The van der Waals surface area contributed by atoms with Gasteiger partial charge in [-0.2, -0.15) is 0 Å². The van der Waals surface area contributed by atoms with Crippen LogP contribution in [-0.4, -0.2) is 21.3 Å². The van der Waals surface area contributed by atoms with Gasteiger partial charge < -0.3 is 4.52 Å². The zero-order chi connectivity index (χ0) is 20.9. The number of aromatic nitrogens is 3. The van der Waals surface area contributed by atoms with Crippen molar-refractivity contribution in [3.05, 3.63) is 81.5 Å². The third kappa shape index (κ3) is 4.58. The molecule has 30 heavy (non-hydrogen) atoms. The van der Waals surface area contributed by atoms with Crippen LogP contribution >= 0.6 is 22.9 Å². The van der Waals surface area contributed by atoms with Gasteiger partial charge in [-0.25, -0.2) is 0 Å². The maximum absolute atomic E-state index is 12.9. The predicted molar refractivity (Wildman–Crippen MR) is 118 cm³/mol. The lowest BCUT2D eigenvalue weighted by atomic mass is 10.1. The molecule has 0 radical (unpaired) electrons. The molecule has 0 atom stereocenters. The highest BCUT2D eigenvalue weighted by molar-refractivity contribution is 7.15. The zero-order valence-electron chi connectivity index (χ0n) is 16.3. The molecular formula is C22H19ClN4O2S. The van der Waals surface area contributed by atoms with Gasteiger partial charge in [0.25, 0.3) is 5.91 Å². The van der Waals surface area contributed by atoms with Gasteiger partial charge in [-0.3, -0.25) is 10.1 Å². The van der Waals surface area contributed by atoms with E-state index in [1.807, 2.05) is 30.3 Å². The fourth-order valence-corrected chi connectivity index (χ4v) is 4.13. The lowest BCUT2D eigenvalue weighted by molar-refractivity contribution is 0.102. The Hall–Kier alpha value is -3.03. The Morgan fingerprint density at radius 3 is 2.63 bits per heavy atom. The van der Waals surface area contributed by atoms with Crippen LogP contribution in [0.15, 0.2) is 59.1 Å². The van der Waals surface area contributed by atoms with E-state index in [0.29, 0.717) is 32.7 Å². The molecule has 0 aliphatic heterocycles. The van der Waals surface area contributed by atoms with Gasteiger partial charge in [-0.1, -0.05) is 76.6 Å². The Labute approximate surface area is 182 Å². The van der Waals surface area contributed by atoms with Crippen molar-refractivity contribution in [2.75, 3.05) is 5.32 Å². The first-order valence-corrected chi connectivity index (χ1v) is 10.7. The van der Waals surface area contributed by atoms with Crippen LogP contribution < -0.4 is 5.32 Å². The maximum Gasteiger partial charge on any atom is 0.263 e. The molecule has 0 fully saturated rings. The number of nitrogens with one attached hydrogen (secondary N) is 1. The average molecular weight is 439 g/mol. The van der Waals surface area contributed by atoms with Gasteiger partial charge in [-0.05, 0) is 31.4 Å². The molecule has 0 aliphatic carbocycles. The average Bonchev–Trinajstić information content (AvgIpc) is 3.35. The third-order valence-corrected chi connectivity index (χ3v) is 5.83. The Morgan fingerprint density at radius 2 is 1.83 bits per heavy atom. The molecule has 8 heteroatoms. The monoisotopic (exact) mass is 438 g/mol. The molecule has 2 aromatic carbocycles. The first kappa shape index (κ1) is 20.3. The number of amides is 1. The summed E-state index contributed by atoms with van der Waals surface area (Å²) >= 11 is 7.64. The summed E-state index contributed by atoms with van der Waals surface area (Å²) in [4.78, 5) is 12.9. The Morgan fingerprint density at radius 1 is 1.07 bits per heavy atom. The quantitative estimate of drug-likeness (QED) is 0.407. The van der Waals surface area contributed by atoms with Crippen LogP contribution in [-0.2, 0) is 12.8 Å². The van der Waals surface area contributed by atoms with Gasteiger partial charge >= 0.3 is 0 Å². The summed E-state index contributed by atoms with van der Waals surface area (Å²) in [5.41, 5.74) is 2.68. The van der Waals surface area contributed by atoms with Crippen LogP contribution in [0.1, 0.15) is 33.1 Å². The second-order valence-electron chi connectivity index (χ2n) is 6.74. The van der Waals surface area contributed by atoms with E-state index in [0.717, 1.165) is 24.3 Å². The fraction of sp³-hybridized carbons (Fsp3) is 0.182. The van der Waals surface area contributed by atoms with Crippen LogP contribution in [0, 0.1) is 6.92 Å². The Bertz CT molecular complexity index is 1160. The second-order valence-corrected chi connectivity index (χ2v) is 8.21. The van der Waals surface area contributed by atoms with E-state index in [4.69, 9.17) is 16.1 Å². The van der Waals surface area contributed by atoms with Crippen molar-refractivity contribution < 1.29 is 9.32 Å². The van der Waals surface area contributed by atoms with Gasteiger partial charge in [0, 0.05) is 12.0 Å². The molecule has 1 N–H and O–H groups in total. The predicted octanol–water partition coefficient (Wildman–Crippen LogP) is 5.58. The van der Waals surface area contributed by atoms with E-state index in [-0.39, 0.29) is 5.91 Å². The van der Waals surface area contributed by atoms with E-state index in [9.17, 15) is 4.79 Å². The number of aryl methyl sites for hydroxylation is 3. The largest absolute Gasteiger partial charge is 0.360 e. The minimum absolute atomic E-state index is 0.337. The van der Waals surface area contributed by atoms with Crippen molar-refractivity contribution in [3.63, 3.8) is 0 Å². The van der Waals surface area contributed by atoms with Gasteiger partial charge in [0.15, 0.2) is 0 Å². The van der Waals surface area contributed by atoms with Gasteiger partial charge in [0.1, 0.15) is 22.0 Å². The van der Waals surface area contributed by atoms with Gasteiger partial charge in [0.05, 0.1) is 5.02 Å². The molecule has 4 aromatic rings. The number of hydrogen-bond donors (Lipinski definition) is 1. The summed E-state index contributed by atoms with van der Waals surface area (Å²) in [6.07, 6.45) is 2.75. The van der Waals surface area contributed by atoms with Crippen LogP contribution in [0.5, 0.6) is 0 Å². The van der Waals surface area contributed by atoms with Crippen molar-refractivity contribution in [1.29, 1.82) is 0 Å². The Balaban J connectivity index is 1.43. The molecule has 0 aliphatic rings. The molecule has 1 amide bonds. The number of carbonyl (C=O) groups excluding carboxylic acids is 1. The smallest absolute Gasteiger partial charge is 0.263 e. The maximum atomic E-state index is 12.9. The zero-order valence-corrected chi connectivity index (χ0v) is 17.8. The molecule has 0 unspecified atom stereocenters. The van der Waals surface area contributed by atoms with Crippen LogP contribution in [0.25, 0.3) is 11.3 Å². The van der Waals surface area contributed by atoms with Crippen LogP contribution in [0.3, 0.4) is 0 Å². The number of anilines is 1. The minimum atomic E-state index is -0.351. The molecule has 0 bridgehead atoms. The summed E-state index contributed by atoms with van der Waals surface area (Å²) in [5.74, 6) is 0.0608. The SMILES string of the molecule is Cc1onc(-c2ccccc2Cl)c1C(=O)Nc1nnc(CCCc2ccccc2)s1. The summed E-state index contributed by atoms with van der Waals surface area (Å²) < 4.78 is 5.26. The van der Waals surface area contributed by atoms with Crippen molar-refractivity contribution >= 4 is 34.0 Å². The van der Waals surface area contributed by atoms with Crippen molar-refractivity contribution in [1.82, 2.24) is 15.4 Å². The summed E-state index contributed by atoms with van der Waals surface area (Å²) in [6, 6.07) is 17.5. The molecular weight excluding hydrogens is 420 g/mol. The number of rotatable bonds is 7. The van der Waals surface area contributed by atoms with E-state index >= 15 is 0 Å². The van der Waals surface area contributed by atoms with E-state index in [1.54, 1.807) is 19.1 Å². The standard InChI is InChI=1S/C22H19ClN4O2S/c1-14-19(20(27-29-14)16-11-5-6-12-17(16)23)21(28)24-22-26-25-18(30-22)13-7-10-15-8-3-2-4-9-15/h2-6,8-9,11-12H,7,10,13H2,1H3,(H,24,26,28). The van der Waals surface area contributed by atoms with E-state index in [1.165, 1.54) is 16.9 Å². The van der Waals surface area contributed by atoms with Crippen LogP contribution in [0.2, 0.25) is 5.02 Å². The number of benzene rings is 2. The van der Waals surface area contributed by atoms with Crippen LogP contribution in [0.4, 0.5) is 5.13 Å². The lowest BCUT2D eigenvalue weighted by Crippen LogP contribution is -2.13. The van der Waals surface area contributed by atoms with E-state index < -0.39 is 0 Å². The number of halogens is 1. The molecule has 2 heterocycles. The lowest BCUT2D eigenvalue weighted by Gasteiger charge is -2.04. The normalized spacial score (nSPS) is 10.9. The first-order valence-electron chi connectivity index (χ1n) is 9.50. The van der Waals surface area contributed by atoms with Crippen molar-refractivity contribution in [3.8, 4) is 11.3 Å². The summed E-state index contributed by atoms with van der Waals surface area (Å²) in [5, 5.41) is 17.0. The second kappa shape index (κ2) is 9.19. The van der Waals surface area contributed by atoms with Gasteiger partial charge in [0.2, 0.25) is 5.13 Å². The number of nitrogens with zero attached hydrogens (tertiary/aromatic N) is 3. The highest BCUT2D eigenvalue weighted by Crippen LogP contribution is 2.31. The van der Waals surface area contributed by atoms with Crippen molar-refractivity contribution in [2.24, 2.45) is 0 Å². The topological polar surface area (TPSA) is 80.9 Å². The molecule has 2 aromatic heterocycles. The third-order valence-electron chi connectivity index (χ3n) is 4.60. The fourth-order valence-electron chi connectivity index (χ4n) is 3.13. The minimum Gasteiger partial charge on any atom is -0.360 e. The molecule has 0 spiro atoms. The van der Waals surface area contributed by atoms with Crippen molar-refractivity contribution in [2.45, 2.75) is 26.2 Å². The Kier molecular flexibility index (Phi) is 6.21. The van der Waals surface area contributed by atoms with E-state index in [2.05, 4.69) is 32.8 Å². The molecule has 6 nitrogen and oxygen atoms in total. The molecule has 0 saturated carbocycles.